The Morgan fingerprint density at radius 3 is 2.47 bits per heavy atom. The number of piperidine rings is 1. The summed E-state index contributed by atoms with van der Waals surface area (Å²) >= 11 is 6.18. The Balaban J connectivity index is 1.34. The van der Waals surface area contributed by atoms with E-state index in [9.17, 15) is 4.79 Å². The summed E-state index contributed by atoms with van der Waals surface area (Å²) in [5.41, 5.74) is 1.09. The Labute approximate surface area is 181 Å². The minimum Gasteiger partial charge on any atom is -0.378 e. The number of hydrogen-bond acceptors (Lipinski definition) is 6. The molecule has 30 heavy (non-hydrogen) atoms. The lowest BCUT2D eigenvalue weighted by Crippen LogP contribution is -2.37. The molecule has 1 aliphatic carbocycles. The van der Waals surface area contributed by atoms with Crippen LogP contribution in [0.4, 0.5) is 17.5 Å². The molecular formula is C22H26ClN5O2. The molecule has 1 N–H and O–H groups in total. The Kier molecular flexibility index (Phi) is 5.25. The van der Waals surface area contributed by atoms with Gasteiger partial charge < -0.3 is 19.9 Å². The summed E-state index contributed by atoms with van der Waals surface area (Å²) in [4.78, 5) is 26.6. The number of nitrogens with one attached hydrogen (secondary N) is 1. The van der Waals surface area contributed by atoms with Crippen molar-refractivity contribution in [3.63, 3.8) is 0 Å². The van der Waals surface area contributed by atoms with Gasteiger partial charge in [0, 0.05) is 26.2 Å². The van der Waals surface area contributed by atoms with Crippen LogP contribution in [0.3, 0.4) is 0 Å². The van der Waals surface area contributed by atoms with Gasteiger partial charge in [-0.1, -0.05) is 17.7 Å². The molecule has 3 aliphatic rings. The number of amides is 1. The molecule has 1 amide bonds. The largest absolute Gasteiger partial charge is 0.378 e. The van der Waals surface area contributed by atoms with Crippen LogP contribution in [-0.4, -0.2) is 55.3 Å². The smallest absolute Gasteiger partial charge is 0.260 e. The van der Waals surface area contributed by atoms with Crippen molar-refractivity contribution in [2.75, 3.05) is 54.5 Å². The van der Waals surface area contributed by atoms with Crippen LogP contribution in [0.5, 0.6) is 0 Å². The maximum Gasteiger partial charge on any atom is 0.260 e. The topological polar surface area (TPSA) is 70.6 Å². The van der Waals surface area contributed by atoms with Crippen LogP contribution in [0.15, 0.2) is 30.3 Å². The summed E-state index contributed by atoms with van der Waals surface area (Å²) in [6.07, 6.45) is 4.99. The third-order valence-electron chi connectivity index (χ3n) is 6.48. The first kappa shape index (κ1) is 19.6. The Hall–Kier alpha value is -2.38. The molecule has 0 atom stereocenters. The molecule has 0 radical (unpaired) electrons. The predicted octanol–water partition coefficient (Wildman–Crippen LogP) is 3.60. The number of carbonyl (C=O) groups excluding carboxylic acids is 1. The minimum atomic E-state index is -0.215. The lowest BCUT2D eigenvalue weighted by Gasteiger charge is -2.33. The molecule has 1 saturated carbocycles. The molecule has 0 unspecified atom stereocenters. The SMILES string of the molecule is O=C(Nc1cccc(N2CCOCC2)n1)c1ccc(Cl)nc1N1CCC2(CC1)CC2. The van der Waals surface area contributed by atoms with Gasteiger partial charge in [-0.05, 0) is 55.4 Å². The normalized spacial score (nSPS) is 20.3. The number of morpholine rings is 1. The second-order valence-corrected chi connectivity index (χ2v) is 8.81. The molecule has 8 heteroatoms. The van der Waals surface area contributed by atoms with Gasteiger partial charge in [-0.25, -0.2) is 9.97 Å². The third-order valence-corrected chi connectivity index (χ3v) is 6.69. The predicted molar refractivity (Wildman–Crippen MR) is 118 cm³/mol. The summed E-state index contributed by atoms with van der Waals surface area (Å²) < 4.78 is 5.41. The number of aromatic nitrogens is 2. The maximum absolute atomic E-state index is 13.1. The molecule has 1 spiro atoms. The maximum atomic E-state index is 13.1. The summed E-state index contributed by atoms with van der Waals surface area (Å²) in [5.74, 6) is 1.82. The molecule has 3 fully saturated rings. The number of anilines is 3. The van der Waals surface area contributed by atoms with Gasteiger partial charge in [0.15, 0.2) is 0 Å². The zero-order valence-electron chi connectivity index (χ0n) is 16.9. The number of nitrogens with zero attached hydrogens (tertiary/aromatic N) is 4. The van der Waals surface area contributed by atoms with Crippen molar-refractivity contribution < 1.29 is 9.53 Å². The van der Waals surface area contributed by atoms with Crippen LogP contribution < -0.4 is 15.1 Å². The fourth-order valence-corrected chi connectivity index (χ4v) is 4.50. The van der Waals surface area contributed by atoms with E-state index in [0.29, 0.717) is 41.0 Å². The molecule has 5 rings (SSSR count). The zero-order chi connectivity index (χ0) is 20.6. The van der Waals surface area contributed by atoms with E-state index in [0.717, 1.165) is 44.8 Å². The second kappa shape index (κ2) is 8.04. The number of halogens is 1. The molecule has 2 aromatic heterocycles. The highest BCUT2D eigenvalue weighted by molar-refractivity contribution is 6.29. The van der Waals surface area contributed by atoms with Gasteiger partial charge in [0.25, 0.3) is 5.91 Å². The average molecular weight is 428 g/mol. The fourth-order valence-electron chi connectivity index (χ4n) is 4.36. The number of ether oxygens (including phenoxy) is 1. The van der Waals surface area contributed by atoms with Crippen molar-refractivity contribution in [2.24, 2.45) is 5.41 Å². The van der Waals surface area contributed by atoms with Gasteiger partial charge in [-0.2, -0.15) is 0 Å². The second-order valence-electron chi connectivity index (χ2n) is 8.43. The van der Waals surface area contributed by atoms with Gasteiger partial charge in [0.1, 0.15) is 22.6 Å². The summed E-state index contributed by atoms with van der Waals surface area (Å²) in [6.45, 7) is 4.80. The minimum absolute atomic E-state index is 0.215. The Bertz CT molecular complexity index is 933. The van der Waals surface area contributed by atoms with Gasteiger partial charge >= 0.3 is 0 Å². The molecule has 2 aromatic rings. The van der Waals surface area contributed by atoms with E-state index in [-0.39, 0.29) is 5.91 Å². The van der Waals surface area contributed by atoms with Gasteiger partial charge in [-0.3, -0.25) is 4.79 Å². The summed E-state index contributed by atoms with van der Waals surface area (Å²) in [5, 5.41) is 3.35. The van der Waals surface area contributed by atoms with Crippen molar-refractivity contribution in [1.82, 2.24) is 9.97 Å². The summed E-state index contributed by atoms with van der Waals surface area (Å²) in [7, 11) is 0. The zero-order valence-corrected chi connectivity index (χ0v) is 17.7. The lowest BCUT2D eigenvalue weighted by molar-refractivity contribution is 0.102. The molecule has 4 heterocycles. The van der Waals surface area contributed by atoms with E-state index in [2.05, 4.69) is 25.1 Å². The van der Waals surface area contributed by atoms with Crippen molar-refractivity contribution in [1.29, 1.82) is 0 Å². The van der Waals surface area contributed by atoms with E-state index in [4.69, 9.17) is 16.3 Å². The standard InChI is InChI=1S/C22H26ClN5O2/c23-17-5-4-16(20(24-17)28-10-8-22(6-7-22)9-11-28)21(29)26-18-2-1-3-19(25-18)27-12-14-30-15-13-27/h1-5H,6-15H2,(H,25,26,29). The highest BCUT2D eigenvalue weighted by Crippen LogP contribution is 2.54. The van der Waals surface area contributed by atoms with Crippen molar-refractivity contribution in [3.05, 3.63) is 41.0 Å². The number of pyridine rings is 2. The van der Waals surface area contributed by atoms with E-state index >= 15 is 0 Å². The van der Waals surface area contributed by atoms with Crippen molar-refractivity contribution in [2.45, 2.75) is 25.7 Å². The summed E-state index contributed by atoms with van der Waals surface area (Å²) in [6, 6.07) is 9.10. The molecule has 0 aromatic carbocycles. The third kappa shape index (κ3) is 4.09. The van der Waals surface area contributed by atoms with Crippen LogP contribution in [0.1, 0.15) is 36.0 Å². The fraction of sp³-hybridized carbons (Fsp3) is 0.500. The molecule has 158 valence electrons. The molecule has 2 aliphatic heterocycles. The van der Waals surface area contributed by atoms with Crippen molar-refractivity contribution in [3.8, 4) is 0 Å². The van der Waals surface area contributed by atoms with E-state index < -0.39 is 0 Å². The quantitative estimate of drug-likeness (QED) is 0.752. The van der Waals surface area contributed by atoms with Crippen LogP contribution in [0, 0.1) is 5.41 Å². The molecule has 7 nitrogen and oxygen atoms in total. The average Bonchev–Trinajstić information content (AvgIpc) is 3.53. The van der Waals surface area contributed by atoms with Crippen LogP contribution in [0.25, 0.3) is 0 Å². The number of hydrogen-bond donors (Lipinski definition) is 1. The molecule has 2 saturated heterocycles. The van der Waals surface area contributed by atoms with Crippen LogP contribution in [0.2, 0.25) is 5.15 Å². The van der Waals surface area contributed by atoms with E-state index in [1.165, 1.54) is 12.8 Å². The van der Waals surface area contributed by atoms with Crippen LogP contribution >= 0.6 is 11.6 Å². The lowest BCUT2D eigenvalue weighted by atomic mass is 9.93. The highest BCUT2D eigenvalue weighted by atomic mass is 35.5. The van der Waals surface area contributed by atoms with Crippen LogP contribution in [-0.2, 0) is 4.74 Å². The monoisotopic (exact) mass is 427 g/mol. The first-order valence-electron chi connectivity index (χ1n) is 10.6. The van der Waals surface area contributed by atoms with Gasteiger partial charge in [-0.15, -0.1) is 0 Å². The van der Waals surface area contributed by atoms with Crippen molar-refractivity contribution >= 4 is 35.0 Å². The number of rotatable bonds is 4. The molecular weight excluding hydrogens is 402 g/mol. The highest BCUT2D eigenvalue weighted by Gasteiger charge is 2.44. The van der Waals surface area contributed by atoms with Gasteiger partial charge in [0.2, 0.25) is 0 Å². The first-order valence-corrected chi connectivity index (χ1v) is 11.0. The number of carbonyl (C=O) groups is 1. The van der Waals surface area contributed by atoms with E-state index in [1.54, 1.807) is 12.1 Å². The first-order chi connectivity index (χ1) is 14.6. The van der Waals surface area contributed by atoms with E-state index in [1.807, 2.05) is 18.2 Å². The molecule has 0 bridgehead atoms. The Morgan fingerprint density at radius 2 is 1.73 bits per heavy atom. The Morgan fingerprint density at radius 1 is 0.967 bits per heavy atom. The van der Waals surface area contributed by atoms with Gasteiger partial charge in [0.05, 0.1) is 18.8 Å².